The first-order valence-electron chi connectivity index (χ1n) is 9.26. The molecule has 0 aromatic heterocycles. The molecule has 1 aromatic rings. The van der Waals surface area contributed by atoms with Gasteiger partial charge < -0.3 is 35.0 Å². The molecule has 0 radical (unpaired) electrons. The molecular weight excluding hydrogens is 371 g/mol. The molecule has 0 spiro atoms. The number of rotatable bonds is 4. The normalized spacial score (nSPS) is 27.5. The van der Waals surface area contributed by atoms with Crippen molar-refractivity contribution in [2.75, 3.05) is 31.2 Å². The lowest BCUT2D eigenvalue weighted by Gasteiger charge is -2.28. The van der Waals surface area contributed by atoms with Gasteiger partial charge in [-0.3, -0.25) is 4.79 Å². The van der Waals surface area contributed by atoms with E-state index < -0.39 is 37.0 Å². The molecule has 3 aliphatic heterocycles. The molecule has 3 aliphatic rings. The van der Waals surface area contributed by atoms with Crippen molar-refractivity contribution in [1.29, 1.82) is 0 Å². The van der Waals surface area contributed by atoms with E-state index in [2.05, 4.69) is 0 Å². The van der Waals surface area contributed by atoms with Crippen LogP contribution in [0.4, 0.5) is 10.1 Å². The minimum absolute atomic E-state index is 0.226. The van der Waals surface area contributed by atoms with Crippen LogP contribution in [0.2, 0.25) is 0 Å². The fourth-order valence-corrected chi connectivity index (χ4v) is 4.23. The number of aliphatic hydroxyl groups is 4. The standard InChI is InChI=1S/C19H23FN2O6/c20-13-7-14-11(6-15-17(9-24)28-19(27)22(14)15)5-12(13)10-1-3-21(4-2-10)18(26)16(25)8-23/h1,5,7,15-17,19,23-25,27H,2-4,6,8-9H2/t15-,16?,17?,19?/m0/s1. The number of fused-ring (bicyclic) bond motifs is 3. The second-order valence-corrected chi connectivity index (χ2v) is 7.28. The lowest BCUT2D eigenvalue weighted by molar-refractivity contribution is -0.141. The zero-order valence-electron chi connectivity index (χ0n) is 15.2. The number of ether oxygens (including phenoxy) is 1. The van der Waals surface area contributed by atoms with Crippen LogP contribution in [0.5, 0.6) is 0 Å². The first-order chi connectivity index (χ1) is 13.4. The van der Waals surface area contributed by atoms with Gasteiger partial charge in [-0.2, -0.15) is 0 Å². The molecule has 4 N–H and O–H groups in total. The van der Waals surface area contributed by atoms with Crippen molar-refractivity contribution < 1.29 is 34.3 Å². The van der Waals surface area contributed by atoms with E-state index in [4.69, 9.17) is 9.84 Å². The predicted molar refractivity (Wildman–Crippen MR) is 96.6 cm³/mol. The highest BCUT2D eigenvalue weighted by molar-refractivity contribution is 5.82. The van der Waals surface area contributed by atoms with E-state index >= 15 is 0 Å². The Labute approximate surface area is 161 Å². The monoisotopic (exact) mass is 394 g/mol. The summed E-state index contributed by atoms with van der Waals surface area (Å²) >= 11 is 0. The maximum absolute atomic E-state index is 14.8. The van der Waals surface area contributed by atoms with Gasteiger partial charge >= 0.3 is 0 Å². The Kier molecular flexibility index (Phi) is 5.11. The van der Waals surface area contributed by atoms with Gasteiger partial charge in [0.15, 0.2) is 6.10 Å². The lowest BCUT2D eigenvalue weighted by atomic mass is 9.95. The maximum atomic E-state index is 14.8. The van der Waals surface area contributed by atoms with Gasteiger partial charge in [0.1, 0.15) is 11.9 Å². The summed E-state index contributed by atoms with van der Waals surface area (Å²) in [5.41, 5.74) is 2.65. The van der Waals surface area contributed by atoms with Crippen molar-refractivity contribution in [2.45, 2.75) is 37.5 Å². The van der Waals surface area contributed by atoms with Crippen LogP contribution in [-0.4, -0.2) is 82.2 Å². The van der Waals surface area contributed by atoms with Crippen LogP contribution in [-0.2, 0) is 16.0 Å². The van der Waals surface area contributed by atoms with Crippen LogP contribution in [0, 0.1) is 5.82 Å². The maximum Gasteiger partial charge on any atom is 0.254 e. The van der Waals surface area contributed by atoms with Crippen molar-refractivity contribution in [2.24, 2.45) is 0 Å². The second-order valence-electron chi connectivity index (χ2n) is 7.28. The molecule has 1 amide bonds. The molecule has 3 heterocycles. The summed E-state index contributed by atoms with van der Waals surface area (Å²) in [6.45, 7) is -0.300. The fourth-order valence-electron chi connectivity index (χ4n) is 4.23. The molecule has 8 nitrogen and oxygen atoms in total. The van der Waals surface area contributed by atoms with E-state index in [1.165, 1.54) is 11.0 Å². The SMILES string of the molecule is O=C(C(O)CO)N1CC=C(c2cc3c(cc2F)N2C(O)OC(CO)[C@@H]2C3)CC1. The molecule has 1 fully saturated rings. The van der Waals surface area contributed by atoms with Gasteiger partial charge in [0.25, 0.3) is 5.91 Å². The highest BCUT2D eigenvalue weighted by Gasteiger charge is 2.46. The number of hydrogen-bond donors (Lipinski definition) is 4. The van der Waals surface area contributed by atoms with E-state index in [0.717, 1.165) is 11.1 Å². The summed E-state index contributed by atoms with van der Waals surface area (Å²) in [6.07, 6.45) is -0.460. The number of amides is 1. The van der Waals surface area contributed by atoms with E-state index in [1.54, 1.807) is 17.0 Å². The van der Waals surface area contributed by atoms with Crippen molar-refractivity contribution in [3.8, 4) is 0 Å². The number of hydrogen-bond acceptors (Lipinski definition) is 7. The molecular formula is C19H23FN2O6. The molecule has 0 bridgehead atoms. The lowest BCUT2D eigenvalue weighted by Crippen LogP contribution is -2.42. The van der Waals surface area contributed by atoms with Gasteiger partial charge in [-0.25, -0.2) is 4.39 Å². The molecule has 0 aliphatic carbocycles. The Balaban J connectivity index is 1.56. The number of aliphatic hydroxyl groups excluding tert-OH is 4. The van der Waals surface area contributed by atoms with Gasteiger partial charge in [-0.1, -0.05) is 6.08 Å². The van der Waals surface area contributed by atoms with Gasteiger partial charge in [-0.05, 0) is 36.1 Å². The third-order valence-electron chi connectivity index (χ3n) is 5.70. The molecule has 0 saturated carbocycles. The average molecular weight is 394 g/mol. The minimum Gasteiger partial charge on any atom is -0.394 e. The first kappa shape index (κ1) is 19.3. The second kappa shape index (κ2) is 7.41. The van der Waals surface area contributed by atoms with Crippen LogP contribution in [0.25, 0.3) is 5.57 Å². The van der Waals surface area contributed by atoms with Gasteiger partial charge in [0.05, 0.1) is 19.3 Å². The van der Waals surface area contributed by atoms with Crippen LogP contribution in [0.15, 0.2) is 18.2 Å². The molecule has 9 heteroatoms. The topological polar surface area (TPSA) is 114 Å². The highest BCUT2D eigenvalue weighted by Crippen LogP contribution is 2.42. The fraction of sp³-hybridized carbons (Fsp3) is 0.526. The Bertz CT molecular complexity index is 816. The van der Waals surface area contributed by atoms with Crippen molar-refractivity contribution >= 4 is 17.2 Å². The Morgan fingerprint density at radius 3 is 2.79 bits per heavy atom. The third kappa shape index (κ3) is 3.09. The molecule has 1 saturated heterocycles. The number of carbonyl (C=O) groups is 1. The van der Waals surface area contributed by atoms with E-state index in [9.17, 15) is 24.5 Å². The Morgan fingerprint density at radius 1 is 1.36 bits per heavy atom. The number of halogens is 1. The molecule has 152 valence electrons. The van der Waals surface area contributed by atoms with Crippen LogP contribution in [0.1, 0.15) is 17.5 Å². The molecule has 4 atom stereocenters. The first-order valence-corrected chi connectivity index (χ1v) is 9.26. The van der Waals surface area contributed by atoms with Gasteiger partial charge in [-0.15, -0.1) is 0 Å². The quantitative estimate of drug-likeness (QED) is 0.528. The number of carbonyl (C=O) groups excluding carboxylic acids is 1. The highest BCUT2D eigenvalue weighted by atomic mass is 19.1. The molecule has 3 unspecified atom stereocenters. The number of anilines is 1. The van der Waals surface area contributed by atoms with E-state index in [-0.39, 0.29) is 19.2 Å². The van der Waals surface area contributed by atoms with Crippen LogP contribution < -0.4 is 4.90 Å². The summed E-state index contributed by atoms with van der Waals surface area (Å²) in [5, 5.41) is 37.9. The van der Waals surface area contributed by atoms with E-state index in [1.807, 2.05) is 0 Å². The summed E-state index contributed by atoms with van der Waals surface area (Å²) in [6, 6.07) is 2.90. The smallest absolute Gasteiger partial charge is 0.254 e. The van der Waals surface area contributed by atoms with Crippen molar-refractivity contribution in [1.82, 2.24) is 4.90 Å². The zero-order valence-corrected chi connectivity index (χ0v) is 15.2. The summed E-state index contributed by atoms with van der Waals surface area (Å²) in [5.74, 6) is -0.975. The molecule has 1 aromatic carbocycles. The van der Waals surface area contributed by atoms with E-state index in [0.29, 0.717) is 30.6 Å². The van der Waals surface area contributed by atoms with Crippen LogP contribution >= 0.6 is 0 Å². The minimum atomic E-state index is -1.44. The van der Waals surface area contributed by atoms with Crippen molar-refractivity contribution in [3.63, 3.8) is 0 Å². The number of benzene rings is 1. The summed E-state index contributed by atoms with van der Waals surface area (Å²) in [4.78, 5) is 15.0. The third-order valence-corrected chi connectivity index (χ3v) is 5.70. The van der Waals surface area contributed by atoms with Crippen molar-refractivity contribution in [3.05, 3.63) is 35.2 Å². The van der Waals surface area contributed by atoms with Crippen LogP contribution in [0.3, 0.4) is 0 Å². The number of nitrogens with zero attached hydrogens (tertiary/aromatic N) is 2. The molecule has 4 rings (SSSR count). The Morgan fingerprint density at radius 2 is 2.14 bits per heavy atom. The largest absolute Gasteiger partial charge is 0.394 e. The average Bonchev–Trinajstić information content (AvgIpc) is 3.23. The Hall–Kier alpha value is -2.04. The van der Waals surface area contributed by atoms with Gasteiger partial charge in [0.2, 0.25) is 6.41 Å². The summed E-state index contributed by atoms with van der Waals surface area (Å²) < 4.78 is 20.1. The molecule has 28 heavy (non-hydrogen) atoms. The van der Waals surface area contributed by atoms with Gasteiger partial charge in [0, 0.05) is 24.3 Å². The predicted octanol–water partition coefficient (Wildman–Crippen LogP) is -0.807. The zero-order chi connectivity index (χ0) is 20.0. The summed E-state index contributed by atoms with van der Waals surface area (Å²) in [7, 11) is 0.